The summed E-state index contributed by atoms with van der Waals surface area (Å²) < 4.78 is 26.6. The number of hydrogen-bond acceptors (Lipinski definition) is 3. The van der Waals surface area contributed by atoms with Crippen LogP contribution in [-0.4, -0.2) is 20.8 Å². The lowest BCUT2D eigenvalue weighted by atomic mass is 10.1. The normalized spacial score (nSPS) is 14.5. The first-order valence-electron chi connectivity index (χ1n) is 6.61. The number of anilines is 1. The summed E-state index contributed by atoms with van der Waals surface area (Å²) in [5.41, 5.74) is 2.14. The van der Waals surface area contributed by atoms with E-state index < -0.39 is 10.0 Å². The van der Waals surface area contributed by atoms with Gasteiger partial charge < -0.3 is 4.90 Å². The number of rotatable bonds is 6. The van der Waals surface area contributed by atoms with Crippen molar-refractivity contribution in [3.63, 3.8) is 0 Å². The van der Waals surface area contributed by atoms with Crippen molar-refractivity contribution in [2.24, 2.45) is 0 Å². The molecule has 0 atom stereocenters. The number of para-hydroxylation sites is 1. The first-order valence-corrected chi connectivity index (χ1v) is 8.26. The molecule has 0 bridgehead atoms. The fourth-order valence-corrected chi connectivity index (χ4v) is 3.23. The zero-order valence-corrected chi connectivity index (χ0v) is 12.0. The minimum atomic E-state index is -3.27. The van der Waals surface area contributed by atoms with Gasteiger partial charge in [-0.1, -0.05) is 37.6 Å². The topological polar surface area (TPSA) is 49.4 Å². The Balaban J connectivity index is 2.07. The van der Waals surface area contributed by atoms with Crippen LogP contribution in [0, 0.1) is 0 Å². The van der Waals surface area contributed by atoms with Gasteiger partial charge in [0, 0.05) is 18.4 Å². The molecule has 1 aliphatic rings. The molecule has 1 aromatic rings. The van der Waals surface area contributed by atoms with E-state index in [1.165, 1.54) is 0 Å². The number of nitrogens with one attached hydrogen (secondary N) is 1. The maximum atomic E-state index is 12.0. The van der Waals surface area contributed by atoms with Gasteiger partial charge in [0.25, 0.3) is 0 Å². The standard InChI is InChI=1S/C14H20N2O2S/c1-2-3-10-15-19(17,18)12-16-11-6-8-13-7-4-5-9-14(13)16/h4-7,9,11,15H,2-3,8,10,12H2,1H3. The molecule has 0 unspecified atom stereocenters. The predicted molar refractivity (Wildman–Crippen MR) is 78.5 cm³/mol. The van der Waals surface area contributed by atoms with Crippen LogP contribution < -0.4 is 9.62 Å². The van der Waals surface area contributed by atoms with Gasteiger partial charge in [-0.3, -0.25) is 0 Å². The van der Waals surface area contributed by atoms with Crippen LogP contribution in [0.2, 0.25) is 0 Å². The van der Waals surface area contributed by atoms with Gasteiger partial charge in [-0.2, -0.15) is 0 Å². The lowest BCUT2D eigenvalue weighted by Crippen LogP contribution is -2.35. The fraction of sp³-hybridized carbons (Fsp3) is 0.429. The second kappa shape index (κ2) is 6.21. The Labute approximate surface area is 115 Å². The van der Waals surface area contributed by atoms with E-state index in [2.05, 4.69) is 4.72 Å². The quantitative estimate of drug-likeness (QED) is 0.813. The van der Waals surface area contributed by atoms with E-state index in [4.69, 9.17) is 0 Å². The summed E-state index contributed by atoms with van der Waals surface area (Å²) in [5.74, 6) is -0.0236. The summed E-state index contributed by atoms with van der Waals surface area (Å²) in [7, 11) is -3.27. The van der Waals surface area contributed by atoms with E-state index in [0.29, 0.717) is 6.54 Å². The molecule has 5 heteroatoms. The van der Waals surface area contributed by atoms with E-state index in [1.54, 1.807) is 4.90 Å². The average molecular weight is 280 g/mol. The van der Waals surface area contributed by atoms with Crippen molar-refractivity contribution in [3.8, 4) is 0 Å². The molecule has 4 nitrogen and oxygen atoms in total. The summed E-state index contributed by atoms with van der Waals surface area (Å²) in [6.45, 7) is 2.55. The van der Waals surface area contributed by atoms with Gasteiger partial charge in [0.1, 0.15) is 5.88 Å². The third-order valence-electron chi connectivity index (χ3n) is 3.09. The van der Waals surface area contributed by atoms with Gasteiger partial charge in [0.15, 0.2) is 0 Å². The number of benzene rings is 1. The summed E-state index contributed by atoms with van der Waals surface area (Å²) in [6, 6.07) is 7.90. The zero-order valence-electron chi connectivity index (χ0n) is 11.2. The molecule has 0 aromatic heterocycles. The fourth-order valence-electron chi connectivity index (χ4n) is 2.10. The minimum Gasteiger partial charge on any atom is -0.332 e. The van der Waals surface area contributed by atoms with Crippen molar-refractivity contribution >= 4 is 15.7 Å². The van der Waals surface area contributed by atoms with Crippen LogP contribution in [0.15, 0.2) is 36.5 Å². The van der Waals surface area contributed by atoms with Crippen LogP contribution in [0.3, 0.4) is 0 Å². The Kier molecular flexibility index (Phi) is 4.61. The van der Waals surface area contributed by atoms with Crippen LogP contribution in [0.1, 0.15) is 25.3 Å². The van der Waals surface area contributed by atoms with Crippen LogP contribution >= 0.6 is 0 Å². The third-order valence-corrected chi connectivity index (χ3v) is 4.35. The molecular weight excluding hydrogens is 260 g/mol. The number of hydrogen-bond donors (Lipinski definition) is 1. The van der Waals surface area contributed by atoms with Crippen LogP contribution in [-0.2, 0) is 16.4 Å². The van der Waals surface area contributed by atoms with Gasteiger partial charge in [-0.15, -0.1) is 0 Å². The summed E-state index contributed by atoms with van der Waals surface area (Å²) >= 11 is 0. The van der Waals surface area contributed by atoms with Crippen molar-refractivity contribution in [1.29, 1.82) is 0 Å². The highest BCUT2D eigenvalue weighted by molar-refractivity contribution is 7.89. The number of nitrogens with zero attached hydrogens (tertiary/aromatic N) is 1. The molecule has 1 aromatic carbocycles. The molecule has 0 aliphatic carbocycles. The van der Waals surface area contributed by atoms with Gasteiger partial charge in [0.2, 0.25) is 10.0 Å². The first-order chi connectivity index (χ1) is 9.12. The Morgan fingerprint density at radius 3 is 2.89 bits per heavy atom. The van der Waals surface area contributed by atoms with Gasteiger partial charge in [0.05, 0.1) is 0 Å². The highest BCUT2D eigenvalue weighted by atomic mass is 32.2. The number of unbranched alkanes of at least 4 members (excludes halogenated alkanes) is 1. The molecule has 0 saturated heterocycles. The predicted octanol–water partition coefficient (Wildman–Crippen LogP) is 2.24. The monoisotopic (exact) mass is 280 g/mol. The molecule has 19 heavy (non-hydrogen) atoms. The average Bonchev–Trinajstić information content (AvgIpc) is 2.39. The lowest BCUT2D eigenvalue weighted by molar-refractivity contribution is 0.578. The van der Waals surface area contributed by atoms with Crippen molar-refractivity contribution in [1.82, 2.24) is 4.72 Å². The second-order valence-electron chi connectivity index (χ2n) is 4.68. The van der Waals surface area contributed by atoms with E-state index >= 15 is 0 Å². The Hall–Kier alpha value is -1.33. The van der Waals surface area contributed by atoms with E-state index in [1.807, 2.05) is 43.5 Å². The second-order valence-corrected chi connectivity index (χ2v) is 6.46. The maximum absolute atomic E-state index is 12.0. The third kappa shape index (κ3) is 3.81. The minimum absolute atomic E-state index is 0.0236. The maximum Gasteiger partial charge on any atom is 0.230 e. The van der Waals surface area contributed by atoms with Crippen molar-refractivity contribution in [2.75, 3.05) is 17.3 Å². The molecule has 2 rings (SSSR count). The van der Waals surface area contributed by atoms with Crippen molar-refractivity contribution in [3.05, 3.63) is 42.1 Å². The van der Waals surface area contributed by atoms with E-state index in [9.17, 15) is 8.42 Å². The van der Waals surface area contributed by atoms with Gasteiger partial charge in [-0.05, 0) is 24.5 Å². The molecule has 0 amide bonds. The molecule has 1 aliphatic heterocycles. The number of allylic oxidation sites excluding steroid dienone is 1. The van der Waals surface area contributed by atoms with Crippen LogP contribution in [0.4, 0.5) is 5.69 Å². The molecule has 1 N–H and O–H groups in total. The Morgan fingerprint density at radius 1 is 1.32 bits per heavy atom. The van der Waals surface area contributed by atoms with Crippen LogP contribution in [0.5, 0.6) is 0 Å². The highest BCUT2D eigenvalue weighted by Gasteiger charge is 2.18. The lowest BCUT2D eigenvalue weighted by Gasteiger charge is -2.26. The zero-order chi connectivity index (χ0) is 13.7. The Bertz CT molecular complexity index is 552. The molecule has 0 saturated carbocycles. The van der Waals surface area contributed by atoms with Crippen LogP contribution in [0.25, 0.3) is 0 Å². The van der Waals surface area contributed by atoms with Gasteiger partial charge >= 0.3 is 0 Å². The largest absolute Gasteiger partial charge is 0.332 e. The van der Waals surface area contributed by atoms with Gasteiger partial charge in [-0.25, -0.2) is 13.1 Å². The summed E-state index contributed by atoms with van der Waals surface area (Å²) in [4.78, 5) is 1.78. The van der Waals surface area contributed by atoms with E-state index in [0.717, 1.165) is 30.5 Å². The molecule has 0 fully saturated rings. The SMILES string of the molecule is CCCCNS(=O)(=O)CN1C=CCc2ccccc21. The molecular formula is C14H20N2O2S. The summed E-state index contributed by atoms with van der Waals surface area (Å²) in [5, 5.41) is 0. The highest BCUT2D eigenvalue weighted by Crippen LogP contribution is 2.25. The molecule has 1 heterocycles. The summed E-state index contributed by atoms with van der Waals surface area (Å²) in [6.07, 6.45) is 6.54. The first kappa shape index (κ1) is 14.1. The molecule has 0 radical (unpaired) electrons. The number of fused-ring (bicyclic) bond motifs is 1. The van der Waals surface area contributed by atoms with Crippen molar-refractivity contribution < 1.29 is 8.42 Å². The van der Waals surface area contributed by atoms with Crippen molar-refractivity contribution in [2.45, 2.75) is 26.2 Å². The number of sulfonamides is 1. The molecule has 104 valence electrons. The van der Waals surface area contributed by atoms with E-state index in [-0.39, 0.29) is 5.88 Å². The smallest absolute Gasteiger partial charge is 0.230 e. The Morgan fingerprint density at radius 2 is 2.11 bits per heavy atom. The molecule has 0 spiro atoms.